The maximum Gasteiger partial charge on any atom is 0.416 e. The molecule has 0 aliphatic carbocycles. The van der Waals surface area contributed by atoms with Gasteiger partial charge >= 0.3 is 18.1 Å². The van der Waals surface area contributed by atoms with Gasteiger partial charge in [0.05, 0.1) is 40.9 Å². The number of esters is 1. The summed E-state index contributed by atoms with van der Waals surface area (Å²) in [6.07, 6.45) is -2.93. The molecule has 36 heavy (non-hydrogen) atoms. The lowest BCUT2D eigenvalue weighted by Gasteiger charge is -2.38. The van der Waals surface area contributed by atoms with Crippen molar-refractivity contribution in [1.82, 2.24) is 0 Å². The lowest BCUT2D eigenvalue weighted by Crippen LogP contribution is -2.40. The number of halogens is 3. The van der Waals surface area contributed by atoms with Gasteiger partial charge in [-0.3, -0.25) is 4.90 Å². The molecule has 0 aromatic heterocycles. The van der Waals surface area contributed by atoms with E-state index in [4.69, 9.17) is 15.7 Å². The van der Waals surface area contributed by atoms with Gasteiger partial charge in [-0.05, 0) is 49.1 Å². The number of anilines is 1. The molecule has 2 aromatic rings. The molecule has 0 bridgehead atoms. The minimum Gasteiger partial charge on any atom is -0.478 e. The minimum absolute atomic E-state index is 0.0138. The van der Waals surface area contributed by atoms with E-state index in [1.165, 1.54) is 53.1 Å². The highest BCUT2D eigenvalue weighted by molar-refractivity contribution is 7.98. The number of carbonyl (C=O) groups excluding carboxylic acids is 1. The molecule has 1 aliphatic rings. The second-order valence-electron chi connectivity index (χ2n) is 7.67. The molecule has 11 heteroatoms. The maximum absolute atomic E-state index is 13.5. The number of thioether (sulfide) groups is 1. The van der Waals surface area contributed by atoms with Gasteiger partial charge in [0.2, 0.25) is 0 Å². The van der Waals surface area contributed by atoms with Crippen molar-refractivity contribution < 1.29 is 32.6 Å². The van der Waals surface area contributed by atoms with Gasteiger partial charge in [0, 0.05) is 17.1 Å². The zero-order valence-corrected chi connectivity index (χ0v) is 20.1. The molecule has 7 nitrogen and oxygen atoms in total. The minimum atomic E-state index is -4.65. The van der Waals surface area contributed by atoms with Crippen LogP contribution in [0.3, 0.4) is 0 Å². The number of ether oxygens (including phenoxy) is 1. The monoisotopic (exact) mass is 517 g/mol. The van der Waals surface area contributed by atoms with Crippen LogP contribution in [0.15, 0.2) is 71.2 Å². The van der Waals surface area contributed by atoms with Crippen LogP contribution >= 0.6 is 11.8 Å². The number of benzene rings is 2. The van der Waals surface area contributed by atoms with Gasteiger partial charge in [-0.2, -0.15) is 30.2 Å². The van der Waals surface area contributed by atoms with Crippen molar-refractivity contribution >= 4 is 29.4 Å². The van der Waals surface area contributed by atoms with Crippen LogP contribution in [0.5, 0.6) is 0 Å². The SMILES string of the molecule is CCOC(=O)C1=C(CSC)N(c2cccc(C(F)(F)F)c2)C(N)=C(C(=O)O)C1c1ccc(C#N)cc1. The molecule has 0 radical (unpaired) electrons. The zero-order chi connectivity index (χ0) is 26.6. The average Bonchev–Trinajstić information content (AvgIpc) is 2.83. The van der Waals surface area contributed by atoms with Crippen LogP contribution in [0, 0.1) is 11.3 Å². The van der Waals surface area contributed by atoms with Gasteiger partial charge in [0.1, 0.15) is 5.82 Å². The van der Waals surface area contributed by atoms with Gasteiger partial charge in [-0.25, -0.2) is 9.59 Å². The van der Waals surface area contributed by atoms with Crippen LogP contribution in [0.25, 0.3) is 0 Å². The number of rotatable bonds is 7. The number of aliphatic carboxylic acids is 1. The average molecular weight is 518 g/mol. The molecule has 0 saturated heterocycles. The summed E-state index contributed by atoms with van der Waals surface area (Å²) in [6.45, 7) is 1.57. The summed E-state index contributed by atoms with van der Waals surface area (Å²) in [5, 5.41) is 19.3. The third-order valence-corrected chi connectivity index (χ3v) is 6.05. The summed E-state index contributed by atoms with van der Waals surface area (Å²) < 4.78 is 45.7. The van der Waals surface area contributed by atoms with E-state index in [1.807, 2.05) is 6.07 Å². The number of carboxylic acids is 1. The van der Waals surface area contributed by atoms with Crippen molar-refractivity contribution in [2.24, 2.45) is 5.73 Å². The summed E-state index contributed by atoms with van der Waals surface area (Å²) in [4.78, 5) is 26.9. The van der Waals surface area contributed by atoms with Gasteiger partial charge in [0.25, 0.3) is 0 Å². The van der Waals surface area contributed by atoms with Gasteiger partial charge < -0.3 is 15.6 Å². The Kier molecular flexibility index (Phi) is 8.00. The Hall–Kier alpha value is -3.91. The molecule has 1 atom stereocenters. The third-order valence-electron chi connectivity index (χ3n) is 5.49. The first kappa shape index (κ1) is 26.7. The third kappa shape index (κ3) is 5.18. The van der Waals surface area contributed by atoms with E-state index < -0.39 is 35.2 Å². The van der Waals surface area contributed by atoms with Crippen molar-refractivity contribution in [3.8, 4) is 6.07 Å². The molecular weight excluding hydrogens is 495 g/mol. The molecular formula is C25H22F3N3O4S. The van der Waals surface area contributed by atoms with E-state index in [9.17, 15) is 27.9 Å². The lowest BCUT2D eigenvalue weighted by molar-refractivity contribution is -0.139. The van der Waals surface area contributed by atoms with Gasteiger partial charge in [0.15, 0.2) is 0 Å². The number of carboxylic acid groups (broad SMARTS) is 1. The van der Waals surface area contributed by atoms with E-state index in [2.05, 4.69) is 0 Å². The highest BCUT2D eigenvalue weighted by Crippen LogP contribution is 2.44. The summed E-state index contributed by atoms with van der Waals surface area (Å²) in [6, 6.07) is 12.2. The number of nitriles is 1. The Bertz CT molecular complexity index is 1280. The van der Waals surface area contributed by atoms with Crippen LogP contribution in [0.4, 0.5) is 18.9 Å². The zero-order valence-electron chi connectivity index (χ0n) is 19.3. The summed E-state index contributed by atoms with van der Waals surface area (Å²) in [7, 11) is 0. The Morgan fingerprint density at radius 3 is 2.39 bits per heavy atom. The van der Waals surface area contributed by atoms with Crippen LogP contribution in [0.1, 0.15) is 29.5 Å². The number of alkyl halides is 3. The predicted octanol–water partition coefficient (Wildman–Crippen LogP) is 4.62. The van der Waals surface area contributed by atoms with Crippen molar-refractivity contribution in [2.45, 2.75) is 19.0 Å². The fourth-order valence-electron chi connectivity index (χ4n) is 4.00. The van der Waals surface area contributed by atoms with Crippen molar-refractivity contribution in [2.75, 3.05) is 23.5 Å². The fraction of sp³-hybridized carbons (Fsp3) is 0.240. The molecule has 0 fully saturated rings. The molecule has 1 aliphatic heterocycles. The Morgan fingerprint density at radius 1 is 1.19 bits per heavy atom. The highest BCUT2D eigenvalue weighted by Gasteiger charge is 2.42. The molecule has 0 spiro atoms. The van der Waals surface area contributed by atoms with Crippen LogP contribution < -0.4 is 10.6 Å². The second kappa shape index (κ2) is 10.8. The molecule has 2 aromatic carbocycles. The largest absolute Gasteiger partial charge is 0.478 e. The maximum atomic E-state index is 13.5. The normalized spacial score (nSPS) is 16.1. The smallest absolute Gasteiger partial charge is 0.416 e. The standard InChI is InChI=1S/C25H22F3N3O4S/c1-3-35-24(34)20-18(13-36-2)31(17-6-4-5-16(11-17)25(26,27)28)22(30)21(23(32)33)19(20)15-9-7-14(12-29)8-10-15/h4-11,19H,3,13,30H2,1-2H3,(H,32,33). The fourth-order valence-corrected chi connectivity index (χ4v) is 4.56. The Labute approximate surface area is 209 Å². The molecule has 1 heterocycles. The van der Waals surface area contributed by atoms with Crippen molar-refractivity contribution in [3.05, 3.63) is 87.9 Å². The summed E-state index contributed by atoms with van der Waals surface area (Å²) >= 11 is 1.27. The predicted molar refractivity (Wildman–Crippen MR) is 129 cm³/mol. The van der Waals surface area contributed by atoms with Gasteiger partial charge in [-0.1, -0.05) is 18.2 Å². The van der Waals surface area contributed by atoms with Crippen LogP contribution in [-0.2, 0) is 20.5 Å². The molecule has 3 N–H and O–H groups in total. The second-order valence-corrected chi connectivity index (χ2v) is 8.53. The van der Waals surface area contributed by atoms with E-state index >= 15 is 0 Å². The van der Waals surface area contributed by atoms with Crippen molar-refractivity contribution in [1.29, 1.82) is 5.26 Å². The lowest BCUT2D eigenvalue weighted by atomic mass is 9.80. The first-order valence-electron chi connectivity index (χ1n) is 10.6. The molecule has 1 unspecified atom stereocenters. The molecule has 3 rings (SSSR count). The summed E-state index contributed by atoms with van der Waals surface area (Å²) in [5.74, 6) is -3.67. The number of hydrogen-bond donors (Lipinski definition) is 2. The number of nitrogens with zero attached hydrogens (tertiary/aromatic N) is 2. The van der Waals surface area contributed by atoms with Crippen LogP contribution in [0.2, 0.25) is 0 Å². The molecule has 0 saturated carbocycles. The van der Waals surface area contributed by atoms with Gasteiger partial charge in [-0.15, -0.1) is 0 Å². The first-order valence-corrected chi connectivity index (χ1v) is 12.0. The number of carbonyl (C=O) groups is 2. The van der Waals surface area contributed by atoms with E-state index in [0.717, 1.165) is 12.1 Å². The van der Waals surface area contributed by atoms with Crippen molar-refractivity contribution in [3.63, 3.8) is 0 Å². The van der Waals surface area contributed by atoms with Crippen LogP contribution in [-0.4, -0.2) is 35.7 Å². The topological polar surface area (TPSA) is 117 Å². The number of hydrogen-bond acceptors (Lipinski definition) is 7. The first-order chi connectivity index (χ1) is 17.0. The highest BCUT2D eigenvalue weighted by atomic mass is 32.2. The number of nitrogens with two attached hydrogens (primary N) is 1. The Balaban J connectivity index is 2.38. The molecule has 188 valence electrons. The summed E-state index contributed by atoms with van der Waals surface area (Å²) in [5.41, 5.74) is 5.77. The molecule has 0 amide bonds. The quantitative estimate of drug-likeness (QED) is 0.512. The van der Waals surface area contributed by atoms with E-state index in [0.29, 0.717) is 11.1 Å². The van der Waals surface area contributed by atoms with E-state index in [-0.39, 0.29) is 35.1 Å². The Morgan fingerprint density at radius 2 is 1.86 bits per heavy atom. The van der Waals surface area contributed by atoms with E-state index in [1.54, 1.807) is 13.2 Å².